The van der Waals surface area contributed by atoms with Gasteiger partial charge in [0, 0.05) is 24.7 Å². The van der Waals surface area contributed by atoms with E-state index in [1.807, 2.05) is 0 Å². The van der Waals surface area contributed by atoms with E-state index in [9.17, 15) is 18.3 Å². The second-order valence-electron chi connectivity index (χ2n) is 4.93. The molecule has 0 aliphatic carbocycles. The van der Waals surface area contributed by atoms with E-state index >= 15 is 0 Å². The molecule has 0 radical (unpaired) electrons. The molecule has 2 rings (SSSR count). The zero-order valence-electron chi connectivity index (χ0n) is 11.6. The summed E-state index contributed by atoms with van der Waals surface area (Å²) in [4.78, 5) is 11.4. The van der Waals surface area contributed by atoms with Crippen molar-refractivity contribution in [1.29, 1.82) is 0 Å². The number of aromatic hydroxyl groups is 1. The first-order valence-electron chi connectivity index (χ1n) is 6.35. The topological polar surface area (TPSA) is 113 Å². The van der Waals surface area contributed by atoms with Crippen LogP contribution in [0.4, 0.5) is 0 Å². The number of hydrogen-bond donors (Lipinski definition) is 3. The molecule has 2 atom stereocenters. The molecule has 0 saturated carbocycles. The summed E-state index contributed by atoms with van der Waals surface area (Å²) in [7, 11) is -2.77. The Labute approximate surface area is 138 Å². The lowest BCUT2D eigenvalue weighted by Crippen LogP contribution is -2.44. The van der Waals surface area contributed by atoms with Crippen molar-refractivity contribution in [2.45, 2.75) is 23.4 Å². The quantitative estimate of drug-likeness (QED) is 0.721. The zero-order valence-corrected chi connectivity index (χ0v) is 13.9. The van der Waals surface area contributed by atoms with Gasteiger partial charge in [0.25, 0.3) is 0 Å². The van der Waals surface area contributed by atoms with Crippen LogP contribution < -0.4 is 11.1 Å². The maximum absolute atomic E-state index is 12.7. The Balaban J connectivity index is 2.52. The van der Waals surface area contributed by atoms with Crippen LogP contribution in [0.15, 0.2) is 17.0 Å². The summed E-state index contributed by atoms with van der Waals surface area (Å²) in [6, 6.07) is 0.891. The van der Waals surface area contributed by atoms with Gasteiger partial charge < -0.3 is 16.2 Å². The van der Waals surface area contributed by atoms with Gasteiger partial charge in [-0.3, -0.25) is 4.79 Å². The van der Waals surface area contributed by atoms with Crippen molar-refractivity contribution in [2.24, 2.45) is 5.73 Å². The molecule has 1 aromatic rings. The molecule has 1 amide bonds. The number of nitrogens with zero attached hydrogens (tertiary/aromatic N) is 1. The molecular formula is C12H15Cl2N3O4S. The fourth-order valence-corrected chi connectivity index (χ4v) is 4.77. The van der Waals surface area contributed by atoms with Gasteiger partial charge in [0.1, 0.15) is 10.9 Å². The molecule has 1 aliphatic heterocycles. The molecule has 1 aliphatic rings. The first-order chi connectivity index (χ1) is 10.2. The Hall–Kier alpha value is -1.06. The Morgan fingerprint density at radius 2 is 2.09 bits per heavy atom. The average molecular weight is 368 g/mol. The number of nitrogens with one attached hydrogen (secondary N) is 1. The first kappa shape index (κ1) is 17.3. The van der Waals surface area contributed by atoms with Crippen molar-refractivity contribution in [1.82, 2.24) is 9.62 Å². The lowest BCUT2D eigenvalue weighted by molar-refractivity contribution is -0.123. The number of benzene rings is 1. The Morgan fingerprint density at radius 3 is 2.68 bits per heavy atom. The van der Waals surface area contributed by atoms with E-state index in [0.29, 0.717) is 0 Å². The van der Waals surface area contributed by atoms with Gasteiger partial charge in [-0.1, -0.05) is 23.2 Å². The van der Waals surface area contributed by atoms with Crippen LogP contribution in [0.2, 0.25) is 10.0 Å². The highest BCUT2D eigenvalue weighted by atomic mass is 35.5. The van der Waals surface area contributed by atoms with E-state index in [1.165, 1.54) is 13.1 Å². The van der Waals surface area contributed by atoms with Gasteiger partial charge in [0.2, 0.25) is 15.9 Å². The van der Waals surface area contributed by atoms with Crippen LogP contribution in [0.25, 0.3) is 0 Å². The zero-order chi connectivity index (χ0) is 16.7. The van der Waals surface area contributed by atoms with Crippen LogP contribution in [0.3, 0.4) is 0 Å². The average Bonchev–Trinajstić information content (AvgIpc) is 2.84. The predicted molar refractivity (Wildman–Crippen MR) is 82.5 cm³/mol. The van der Waals surface area contributed by atoms with E-state index in [2.05, 4.69) is 5.32 Å². The normalized spacial score (nSPS) is 22.7. The SMILES string of the molecule is CNC(=O)[C@@H]1C[C@H](N)CN1S(=O)(=O)c1cc(Cl)cc(Cl)c1O. The molecule has 4 N–H and O–H groups in total. The molecule has 7 nitrogen and oxygen atoms in total. The predicted octanol–water partition coefficient (Wildman–Crippen LogP) is 0.535. The van der Waals surface area contributed by atoms with Gasteiger partial charge in [0.15, 0.2) is 5.75 Å². The number of amides is 1. The molecule has 122 valence electrons. The van der Waals surface area contributed by atoms with Gasteiger partial charge in [0.05, 0.1) is 5.02 Å². The van der Waals surface area contributed by atoms with Crippen LogP contribution in [0.5, 0.6) is 5.75 Å². The van der Waals surface area contributed by atoms with Gasteiger partial charge >= 0.3 is 0 Å². The molecule has 22 heavy (non-hydrogen) atoms. The standard InChI is InChI=1S/C12H15Cl2N3O4S/c1-16-12(19)9-4-7(15)5-17(9)22(20,21)10-3-6(13)2-8(14)11(10)18/h2-3,7,9,18H,4-5,15H2,1H3,(H,16,19)/t7-,9-/m0/s1. The van der Waals surface area contributed by atoms with E-state index in [1.54, 1.807) is 0 Å². The van der Waals surface area contributed by atoms with Crippen molar-refractivity contribution in [3.63, 3.8) is 0 Å². The maximum Gasteiger partial charge on any atom is 0.247 e. The number of nitrogens with two attached hydrogens (primary N) is 1. The molecule has 1 heterocycles. The molecule has 1 aromatic carbocycles. The lowest BCUT2D eigenvalue weighted by atomic mass is 10.2. The van der Waals surface area contributed by atoms with Crippen LogP contribution >= 0.6 is 23.2 Å². The fraction of sp³-hybridized carbons (Fsp3) is 0.417. The van der Waals surface area contributed by atoms with Crippen LogP contribution in [-0.4, -0.2) is 49.4 Å². The summed E-state index contributed by atoms with van der Waals surface area (Å²) >= 11 is 11.6. The summed E-state index contributed by atoms with van der Waals surface area (Å²) in [6.07, 6.45) is 0.188. The molecule has 10 heteroatoms. The summed E-state index contributed by atoms with van der Waals surface area (Å²) in [5.41, 5.74) is 5.78. The van der Waals surface area contributed by atoms with Crippen molar-refractivity contribution in [3.05, 3.63) is 22.2 Å². The van der Waals surface area contributed by atoms with E-state index in [-0.39, 0.29) is 23.0 Å². The summed E-state index contributed by atoms with van der Waals surface area (Å²) < 4.78 is 26.5. The van der Waals surface area contributed by atoms with Gasteiger partial charge in [-0.25, -0.2) is 8.42 Å². The Kier molecular flexibility index (Phi) is 4.88. The summed E-state index contributed by atoms with van der Waals surface area (Å²) in [5.74, 6) is -1.08. The molecule has 0 unspecified atom stereocenters. The number of hydrogen-bond acceptors (Lipinski definition) is 5. The minimum absolute atomic E-state index is 0.0377. The third-order valence-corrected chi connectivity index (χ3v) is 5.81. The van der Waals surface area contributed by atoms with Crippen molar-refractivity contribution >= 4 is 39.1 Å². The number of carbonyl (C=O) groups is 1. The number of phenols is 1. The molecule has 0 bridgehead atoms. The van der Waals surface area contributed by atoms with Crippen LogP contribution in [-0.2, 0) is 14.8 Å². The van der Waals surface area contributed by atoms with E-state index in [4.69, 9.17) is 28.9 Å². The summed E-state index contributed by atoms with van der Waals surface area (Å²) in [5, 5.41) is 12.2. The molecule has 1 saturated heterocycles. The molecule has 1 fully saturated rings. The van der Waals surface area contributed by atoms with Crippen LogP contribution in [0, 0.1) is 0 Å². The van der Waals surface area contributed by atoms with Gasteiger partial charge in [-0.2, -0.15) is 4.31 Å². The van der Waals surface area contributed by atoms with Gasteiger partial charge in [-0.15, -0.1) is 0 Å². The lowest BCUT2D eigenvalue weighted by Gasteiger charge is -2.23. The van der Waals surface area contributed by atoms with Crippen molar-refractivity contribution in [3.8, 4) is 5.75 Å². The maximum atomic E-state index is 12.7. The molecular weight excluding hydrogens is 353 g/mol. The van der Waals surface area contributed by atoms with E-state index in [0.717, 1.165) is 10.4 Å². The van der Waals surface area contributed by atoms with Gasteiger partial charge in [-0.05, 0) is 18.6 Å². The third kappa shape index (κ3) is 3.02. The highest BCUT2D eigenvalue weighted by Gasteiger charge is 2.43. The van der Waals surface area contributed by atoms with Crippen LogP contribution in [0.1, 0.15) is 6.42 Å². The number of sulfonamides is 1. The Morgan fingerprint density at radius 1 is 1.45 bits per heavy atom. The number of carbonyl (C=O) groups excluding carboxylic acids is 1. The smallest absolute Gasteiger partial charge is 0.247 e. The second kappa shape index (κ2) is 6.21. The number of rotatable bonds is 3. The number of phenolic OH excluding ortho intramolecular Hbond substituents is 1. The second-order valence-corrected chi connectivity index (χ2v) is 7.64. The summed E-state index contributed by atoms with van der Waals surface area (Å²) in [6.45, 7) is -0.0377. The Bertz CT molecular complexity index is 711. The third-order valence-electron chi connectivity index (χ3n) is 3.42. The van der Waals surface area contributed by atoms with Crippen molar-refractivity contribution in [2.75, 3.05) is 13.6 Å². The van der Waals surface area contributed by atoms with Crippen molar-refractivity contribution < 1.29 is 18.3 Å². The molecule has 0 aromatic heterocycles. The largest absolute Gasteiger partial charge is 0.505 e. The fourth-order valence-electron chi connectivity index (χ4n) is 2.37. The highest BCUT2D eigenvalue weighted by molar-refractivity contribution is 7.89. The molecule has 0 spiro atoms. The number of halogens is 2. The highest BCUT2D eigenvalue weighted by Crippen LogP contribution is 2.37. The number of likely N-dealkylation sites (N-methyl/N-ethyl adjacent to an activating group) is 1. The minimum atomic E-state index is -4.18. The van der Waals surface area contributed by atoms with E-state index < -0.39 is 38.7 Å². The monoisotopic (exact) mass is 367 g/mol. The first-order valence-corrected chi connectivity index (χ1v) is 8.55. The minimum Gasteiger partial charge on any atom is -0.505 e.